The first-order valence-electron chi connectivity index (χ1n) is 5.56. The van der Waals surface area contributed by atoms with Crippen molar-refractivity contribution in [3.8, 4) is 11.8 Å². The Labute approximate surface area is 102 Å². The summed E-state index contributed by atoms with van der Waals surface area (Å²) in [6.07, 6.45) is -0.0471. The Balaban J connectivity index is 2.30. The van der Waals surface area contributed by atoms with Gasteiger partial charge in [0.2, 0.25) is 0 Å². The molecule has 0 saturated heterocycles. The van der Waals surface area contributed by atoms with E-state index in [0.717, 1.165) is 6.42 Å². The van der Waals surface area contributed by atoms with Gasteiger partial charge in [-0.15, -0.1) is 0 Å². The molecule has 1 aromatic rings. The number of nitriles is 1. The largest absolute Gasteiger partial charge is 0.487 e. The van der Waals surface area contributed by atoms with Crippen LogP contribution in [0, 0.1) is 11.3 Å². The van der Waals surface area contributed by atoms with E-state index >= 15 is 0 Å². The molecule has 1 heterocycles. The molecule has 0 unspecified atom stereocenters. The second-order valence-corrected chi connectivity index (χ2v) is 4.20. The lowest BCUT2D eigenvalue weighted by molar-refractivity contribution is 0.0488. The van der Waals surface area contributed by atoms with Crippen molar-refractivity contribution in [2.24, 2.45) is 0 Å². The van der Waals surface area contributed by atoms with E-state index in [4.69, 9.17) is 10.00 Å². The summed E-state index contributed by atoms with van der Waals surface area (Å²) in [5, 5.41) is 8.69. The Morgan fingerprint density at radius 1 is 1.50 bits per heavy atom. The van der Waals surface area contributed by atoms with Crippen molar-refractivity contribution in [3.63, 3.8) is 0 Å². The van der Waals surface area contributed by atoms with Gasteiger partial charge in [0.05, 0.1) is 0 Å². The number of ether oxygens (including phenoxy) is 1. The van der Waals surface area contributed by atoms with E-state index in [2.05, 4.69) is 4.98 Å². The maximum Gasteiger partial charge on any atom is 0.272 e. The van der Waals surface area contributed by atoms with Crippen molar-refractivity contribution in [2.75, 3.05) is 6.61 Å². The van der Waals surface area contributed by atoms with E-state index < -0.39 is 18.7 Å². The van der Waals surface area contributed by atoms with E-state index in [9.17, 15) is 13.2 Å². The third-order valence-electron chi connectivity index (χ3n) is 2.97. The predicted molar refractivity (Wildman–Crippen MR) is 57.1 cm³/mol. The van der Waals surface area contributed by atoms with Crippen LogP contribution >= 0.6 is 0 Å². The highest BCUT2D eigenvalue weighted by Gasteiger charge is 2.41. The zero-order chi connectivity index (χ0) is 13.2. The molecule has 18 heavy (non-hydrogen) atoms. The molecule has 1 saturated carbocycles. The summed E-state index contributed by atoms with van der Waals surface area (Å²) in [5.74, 6) is -0.0101. The zero-order valence-corrected chi connectivity index (χ0v) is 9.50. The van der Waals surface area contributed by atoms with Crippen molar-refractivity contribution < 1.29 is 17.9 Å². The van der Waals surface area contributed by atoms with Crippen molar-refractivity contribution >= 4 is 0 Å². The van der Waals surface area contributed by atoms with Crippen LogP contribution in [0.25, 0.3) is 0 Å². The van der Waals surface area contributed by atoms with Crippen LogP contribution in [0.2, 0.25) is 0 Å². The number of hydrogen-bond donors (Lipinski definition) is 0. The molecule has 0 radical (unpaired) electrons. The summed E-state index contributed by atoms with van der Waals surface area (Å²) in [6.45, 7) is -0.821. The molecular formula is C12H11F3N2O. The molecule has 0 N–H and O–H groups in total. The molecule has 1 aliphatic carbocycles. The molecule has 0 aliphatic heterocycles. The molecule has 2 rings (SSSR count). The lowest BCUT2D eigenvalue weighted by Crippen LogP contribution is -2.30. The summed E-state index contributed by atoms with van der Waals surface area (Å²) < 4.78 is 43.4. The molecule has 0 atom stereocenters. The highest BCUT2D eigenvalue weighted by molar-refractivity contribution is 5.41. The van der Waals surface area contributed by atoms with Crippen LogP contribution in [-0.2, 0) is 5.67 Å². The fraction of sp³-hybridized carbons (Fsp3) is 0.500. The van der Waals surface area contributed by atoms with Gasteiger partial charge in [-0.25, -0.2) is 18.2 Å². The Morgan fingerprint density at radius 3 is 2.72 bits per heavy atom. The second kappa shape index (κ2) is 4.84. The van der Waals surface area contributed by atoms with Gasteiger partial charge in [0, 0.05) is 17.8 Å². The summed E-state index contributed by atoms with van der Waals surface area (Å²) in [5.41, 5.74) is -1.38. The summed E-state index contributed by atoms with van der Waals surface area (Å²) in [7, 11) is 0. The number of hydrogen-bond acceptors (Lipinski definition) is 3. The number of halogens is 3. The minimum absolute atomic E-state index is 0.0101. The van der Waals surface area contributed by atoms with E-state index in [0.29, 0.717) is 12.8 Å². The number of rotatable bonds is 4. The predicted octanol–water partition coefficient (Wildman–Crippen LogP) is 2.95. The average molecular weight is 256 g/mol. The molecule has 0 bridgehead atoms. The van der Waals surface area contributed by atoms with Crippen LogP contribution in [0.15, 0.2) is 12.3 Å². The van der Waals surface area contributed by atoms with Gasteiger partial charge in [-0.2, -0.15) is 5.26 Å². The van der Waals surface area contributed by atoms with Crippen molar-refractivity contribution in [2.45, 2.75) is 31.4 Å². The molecule has 1 fully saturated rings. The monoisotopic (exact) mass is 256 g/mol. The maximum atomic E-state index is 14.3. The molecule has 3 nitrogen and oxygen atoms in total. The molecule has 0 amide bonds. The van der Waals surface area contributed by atoms with Gasteiger partial charge in [-0.3, -0.25) is 0 Å². The number of alkyl halides is 3. The minimum Gasteiger partial charge on any atom is -0.487 e. The molecule has 6 heteroatoms. The first kappa shape index (κ1) is 12.7. The van der Waals surface area contributed by atoms with Gasteiger partial charge in [-0.1, -0.05) is 0 Å². The third-order valence-corrected chi connectivity index (χ3v) is 2.97. The lowest BCUT2D eigenvalue weighted by Gasteiger charge is -2.34. The van der Waals surface area contributed by atoms with Crippen molar-refractivity contribution in [3.05, 3.63) is 23.5 Å². The van der Waals surface area contributed by atoms with E-state index in [1.54, 1.807) is 6.07 Å². The molecule has 0 spiro atoms. The first-order chi connectivity index (χ1) is 8.55. The highest BCUT2D eigenvalue weighted by Crippen LogP contribution is 2.48. The van der Waals surface area contributed by atoms with Crippen LogP contribution in [0.3, 0.4) is 0 Å². The first-order valence-corrected chi connectivity index (χ1v) is 5.56. The van der Waals surface area contributed by atoms with E-state index in [-0.39, 0.29) is 17.0 Å². The molecule has 0 aromatic carbocycles. The van der Waals surface area contributed by atoms with Crippen LogP contribution < -0.4 is 4.74 Å². The highest BCUT2D eigenvalue weighted by atomic mass is 19.3. The Kier molecular flexibility index (Phi) is 3.41. The van der Waals surface area contributed by atoms with E-state index in [1.165, 1.54) is 12.3 Å². The summed E-state index contributed by atoms with van der Waals surface area (Å²) >= 11 is 0. The number of pyridine rings is 1. The Morgan fingerprint density at radius 2 is 2.22 bits per heavy atom. The quantitative estimate of drug-likeness (QED) is 0.832. The van der Waals surface area contributed by atoms with Crippen LogP contribution in [-0.4, -0.2) is 18.0 Å². The van der Waals surface area contributed by atoms with Gasteiger partial charge in [0.1, 0.15) is 29.8 Å². The van der Waals surface area contributed by atoms with Gasteiger partial charge in [0.15, 0.2) is 0 Å². The number of aromatic nitrogens is 1. The molecule has 96 valence electrons. The Bertz CT molecular complexity index is 481. The smallest absolute Gasteiger partial charge is 0.272 e. The van der Waals surface area contributed by atoms with Crippen LogP contribution in [0.4, 0.5) is 13.2 Å². The maximum absolute atomic E-state index is 14.3. The minimum atomic E-state index is -2.64. The summed E-state index contributed by atoms with van der Waals surface area (Å²) in [4.78, 5) is 3.76. The fourth-order valence-corrected chi connectivity index (χ4v) is 1.86. The van der Waals surface area contributed by atoms with Gasteiger partial charge >= 0.3 is 0 Å². The Hall–Kier alpha value is -1.77. The standard InChI is InChI=1S/C12H11F3N2O/c13-11(14)7-18-10-4-8(5-16)17-6-9(10)12(15)2-1-3-12/h4,6,11H,1-3,7H2. The third kappa shape index (κ3) is 2.40. The second-order valence-electron chi connectivity index (χ2n) is 4.20. The fourth-order valence-electron chi connectivity index (χ4n) is 1.86. The zero-order valence-electron chi connectivity index (χ0n) is 9.50. The van der Waals surface area contributed by atoms with Crippen LogP contribution in [0.5, 0.6) is 5.75 Å². The van der Waals surface area contributed by atoms with Crippen molar-refractivity contribution in [1.29, 1.82) is 5.26 Å². The van der Waals surface area contributed by atoms with Crippen molar-refractivity contribution in [1.82, 2.24) is 4.98 Å². The number of nitrogens with zero attached hydrogens (tertiary/aromatic N) is 2. The summed E-state index contributed by atoms with van der Waals surface area (Å²) in [6, 6.07) is 2.97. The SMILES string of the molecule is N#Cc1cc(OCC(F)F)c(C2(F)CCC2)cn1. The van der Waals surface area contributed by atoms with Gasteiger partial charge in [-0.05, 0) is 19.3 Å². The molecular weight excluding hydrogens is 245 g/mol. The van der Waals surface area contributed by atoms with Gasteiger partial charge < -0.3 is 4.74 Å². The topological polar surface area (TPSA) is 45.9 Å². The molecule has 1 aliphatic rings. The van der Waals surface area contributed by atoms with E-state index in [1.807, 2.05) is 0 Å². The normalized spacial score (nSPS) is 17.1. The average Bonchev–Trinajstić information content (AvgIpc) is 2.33. The van der Waals surface area contributed by atoms with Crippen LogP contribution in [0.1, 0.15) is 30.5 Å². The lowest BCUT2D eigenvalue weighted by atomic mass is 9.77. The molecule has 1 aromatic heterocycles. The van der Waals surface area contributed by atoms with Gasteiger partial charge in [0.25, 0.3) is 6.43 Å².